The van der Waals surface area contributed by atoms with Crippen molar-refractivity contribution >= 4 is 12.1 Å². The molecule has 0 unspecified atom stereocenters. The van der Waals surface area contributed by atoms with E-state index in [1.54, 1.807) is 0 Å². The lowest BCUT2D eigenvalue weighted by Gasteiger charge is -2.17. The molecular formula is C12H20FN2O+. The average molecular weight is 227 g/mol. The lowest BCUT2D eigenvalue weighted by molar-refractivity contribution is -0.471. The summed E-state index contributed by atoms with van der Waals surface area (Å²) >= 11 is 0. The molecule has 0 aromatic heterocycles. The largest absolute Gasteiger partial charge is 0.345 e. The molecule has 0 spiro atoms. The van der Waals surface area contributed by atoms with Gasteiger partial charge in [-0.3, -0.25) is 4.79 Å². The van der Waals surface area contributed by atoms with Crippen LogP contribution in [0, 0.1) is 5.41 Å². The predicted octanol–water partition coefficient (Wildman–Crippen LogP) is 1.49. The molecule has 0 saturated carbocycles. The Balaban J connectivity index is 2.45. The Morgan fingerprint density at radius 1 is 1.56 bits per heavy atom. The number of hydrogen-bond donors (Lipinski definition) is 1. The van der Waals surface area contributed by atoms with E-state index in [0.29, 0.717) is 13.1 Å². The molecule has 0 aromatic carbocycles. The van der Waals surface area contributed by atoms with Gasteiger partial charge in [-0.1, -0.05) is 20.8 Å². The second-order valence-electron chi connectivity index (χ2n) is 4.93. The number of amides is 1. The van der Waals surface area contributed by atoms with E-state index < -0.39 is 0 Å². The standard InChI is InChI=1S/C12H19FN2O/c1-12(2,3)11(16)14-9-10-5-4-7-15(10)8-6-13/h5,7H,4,6,8-9H2,1-3H3/p+1. The topological polar surface area (TPSA) is 32.1 Å². The van der Waals surface area contributed by atoms with Gasteiger partial charge in [0, 0.05) is 11.8 Å². The van der Waals surface area contributed by atoms with Crippen molar-refractivity contribution in [3.05, 3.63) is 11.8 Å². The maximum Gasteiger partial charge on any atom is 0.225 e. The molecule has 1 amide bonds. The second-order valence-corrected chi connectivity index (χ2v) is 4.93. The third kappa shape index (κ3) is 3.43. The van der Waals surface area contributed by atoms with Crippen molar-refractivity contribution in [3.8, 4) is 0 Å². The Morgan fingerprint density at radius 3 is 2.81 bits per heavy atom. The highest BCUT2D eigenvalue weighted by atomic mass is 19.1. The van der Waals surface area contributed by atoms with Crippen LogP contribution in [-0.4, -0.2) is 36.5 Å². The zero-order chi connectivity index (χ0) is 12.2. The van der Waals surface area contributed by atoms with Crippen LogP contribution in [0.5, 0.6) is 0 Å². The third-order valence-corrected chi connectivity index (χ3v) is 2.48. The fraction of sp³-hybridized carbons (Fsp3) is 0.667. The number of allylic oxidation sites excluding steroid dienone is 1. The molecule has 16 heavy (non-hydrogen) atoms. The summed E-state index contributed by atoms with van der Waals surface area (Å²) < 4.78 is 14.1. The van der Waals surface area contributed by atoms with Crippen molar-refractivity contribution in [1.82, 2.24) is 5.32 Å². The SMILES string of the molecule is CC(C)(C)C(=O)NCC1=CCC=[N+]1CCF. The molecule has 1 N–H and O–H groups in total. The summed E-state index contributed by atoms with van der Waals surface area (Å²) in [4.78, 5) is 11.6. The van der Waals surface area contributed by atoms with E-state index in [2.05, 4.69) is 5.32 Å². The zero-order valence-electron chi connectivity index (χ0n) is 10.2. The summed E-state index contributed by atoms with van der Waals surface area (Å²) in [5.74, 6) is 0.0144. The van der Waals surface area contributed by atoms with Gasteiger partial charge in [0.25, 0.3) is 0 Å². The van der Waals surface area contributed by atoms with Gasteiger partial charge in [-0.15, -0.1) is 0 Å². The first-order valence-corrected chi connectivity index (χ1v) is 5.58. The first-order chi connectivity index (χ1) is 7.45. The van der Waals surface area contributed by atoms with Crippen molar-refractivity contribution in [2.75, 3.05) is 19.8 Å². The molecule has 1 rings (SSSR count). The fourth-order valence-electron chi connectivity index (χ4n) is 1.49. The molecule has 3 nitrogen and oxygen atoms in total. The van der Waals surface area contributed by atoms with Crippen molar-refractivity contribution in [3.63, 3.8) is 0 Å². The van der Waals surface area contributed by atoms with Crippen LogP contribution in [0.15, 0.2) is 11.8 Å². The highest BCUT2D eigenvalue weighted by molar-refractivity contribution is 5.81. The minimum Gasteiger partial charge on any atom is -0.345 e. The number of carbonyl (C=O) groups excluding carboxylic acids is 1. The van der Waals surface area contributed by atoms with E-state index in [9.17, 15) is 9.18 Å². The van der Waals surface area contributed by atoms with Crippen molar-refractivity contribution < 1.29 is 13.8 Å². The van der Waals surface area contributed by atoms with E-state index in [0.717, 1.165) is 12.1 Å². The Kier molecular flexibility index (Phi) is 4.21. The molecule has 0 fully saturated rings. The Labute approximate surface area is 96.0 Å². The van der Waals surface area contributed by atoms with Gasteiger partial charge in [-0.25, -0.2) is 8.97 Å². The normalized spacial score (nSPS) is 15.8. The number of nitrogens with zero attached hydrogens (tertiary/aromatic N) is 1. The van der Waals surface area contributed by atoms with E-state index >= 15 is 0 Å². The van der Waals surface area contributed by atoms with Crippen LogP contribution in [0.3, 0.4) is 0 Å². The van der Waals surface area contributed by atoms with Crippen LogP contribution >= 0.6 is 0 Å². The number of carbonyl (C=O) groups is 1. The van der Waals surface area contributed by atoms with E-state index in [4.69, 9.17) is 0 Å². The molecule has 0 aliphatic carbocycles. The van der Waals surface area contributed by atoms with Gasteiger partial charge in [0.1, 0.15) is 19.4 Å². The molecule has 0 atom stereocenters. The van der Waals surface area contributed by atoms with Gasteiger partial charge in [-0.05, 0) is 6.08 Å². The molecular weight excluding hydrogens is 207 g/mol. The van der Waals surface area contributed by atoms with Gasteiger partial charge in [0.05, 0.1) is 0 Å². The van der Waals surface area contributed by atoms with Gasteiger partial charge < -0.3 is 5.32 Å². The van der Waals surface area contributed by atoms with E-state index in [-0.39, 0.29) is 18.0 Å². The molecule has 4 heteroatoms. The van der Waals surface area contributed by atoms with Crippen LogP contribution in [0.2, 0.25) is 0 Å². The summed E-state index contributed by atoms with van der Waals surface area (Å²) in [6.45, 7) is 6.09. The minimum absolute atomic E-state index is 0.0144. The summed E-state index contributed by atoms with van der Waals surface area (Å²) in [5.41, 5.74) is 0.601. The smallest absolute Gasteiger partial charge is 0.225 e. The lowest BCUT2D eigenvalue weighted by atomic mass is 9.96. The number of rotatable bonds is 4. The highest BCUT2D eigenvalue weighted by Crippen LogP contribution is 2.13. The average Bonchev–Trinajstić information content (AvgIpc) is 2.61. The predicted molar refractivity (Wildman–Crippen MR) is 62.3 cm³/mol. The molecule has 0 saturated heterocycles. The second kappa shape index (κ2) is 5.23. The number of alkyl halides is 1. The zero-order valence-corrected chi connectivity index (χ0v) is 10.2. The maximum atomic E-state index is 12.2. The van der Waals surface area contributed by atoms with Crippen LogP contribution in [0.4, 0.5) is 4.39 Å². The molecule has 0 radical (unpaired) electrons. The van der Waals surface area contributed by atoms with Gasteiger partial charge in [-0.2, -0.15) is 0 Å². The summed E-state index contributed by atoms with van der Waals surface area (Å²) in [6.07, 6.45) is 4.78. The van der Waals surface area contributed by atoms with E-state index in [1.165, 1.54) is 0 Å². The third-order valence-electron chi connectivity index (χ3n) is 2.48. The molecule has 1 aliphatic heterocycles. The summed E-state index contributed by atoms with van der Waals surface area (Å²) in [5, 5.41) is 2.86. The maximum absolute atomic E-state index is 12.2. The Morgan fingerprint density at radius 2 is 2.25 bits per heavy atom. The number of hydrogen-bond acceptors (Lipinski definition) is 1. The van der Waals surface area contributed by atoms with Crippen molar-refractivity contribution in [2.24, 2.45) is 5.41 Å². The van der Waals surface area contributed by atoms with E-state index in [1.807, 2.05) is 37.6 Å². The Bertz CT molecular complexity index is 326. The van der Waals surface area contributed by atoms with Crippen molar-refractivity contribution in [1.29, 1.82) is 0 Å². The van der Waals surface area contributed by atoms with Crippen LogP contribution in [0.1, 0.15) is 27.2 Å². The van der Waals surface area contributed by atoms with Crippen LogP contribution < -0.4 is 5.32 Å². The molecule has 1 aliphatic rings. The Hall–Kier alpha value is -1.19. The van der Waals surface area contributed by atoms with Gasteiger partial charge in [0.2, 0.25) is 5.91 Å². The number of nitrogens with one attached hydrogen (secondary N) is 1. The first-order valence-electron chi connectivity index (χ1n) is 5.58. The van der Waals surface area contributed by atoms with Crippen LogP contribution in [0.25, 0.3) is 0 Å². The quantitative estimate of drug-likeness (QED) is 0.725. The monoisotopic (exact) mass is 227 g/mol. The highest BCUT2D eigenvalue weighted by Gasteiger charge is 2.23. The lowest BCUT2D eigenvalue weighted by Crippen LogP contribution is -2.37. The van der Waals surface area contributed by atoms with Crippen LogP contribution in [-0.2, 0) is 4.79 Å². The minimum atomic E-state index is -0.381. The summed E-state index contributed by atoms with van der Waals surface area (Å²) in [6, 6.07) is 0. The molecule has 90 valence electrons. The number of halogens is 1. The molecule has 0 aromatic rings. The van der Waals surface area contributed by atoms with Gasteiger partial charge >= 0.3 is 0 Å². The fourth-order valence-corrected chi connectivity index (χ4v) is 1.49. The van der Waals surface area contributed by atoms with Crippen molar-refractivity contribution in [2.45, 2.75) is 27.2 Å². The molecule has 0 bridgehead atoms. The van der Waals surface area contributed by atoms with Gasteiger partial charge in [0.15, 0.2) is 12.2 Å². The molecule has 1 heterocycles. The first kappa shape index (κ1) is 12.9. The summed E-state index contributed by atoms with van der Waals surface area (Å²) in [7, 11) is 0.